The zero-order chi connectivity index (χ0) is 27.7. The van der Waals surface area contributed by atoms with Crippen LogP contribution in [0.3, 0.4) is 0 Å². The first-order valence-corrected chi connectivity index (χ1v) is 14.4. The molecule has 2 atom stereocenters. The number of pyridine rings is 2. The minimum absolute atomic E-state index is 0.118. The topological polar surface area (TPSA) is 118 Å². The molecule has 0 saturated carbocycles. The van der Waals surface area contributed by atoms with Gasteiger partial charge in [0.2, 0.25) is 11.8 Å². The predicted molar refractivity (Wildman–Crippen MR) is 152 cm³/mol. The van der Waals surface area contributed by atoms with E-state index in [4.69, 9.17) is 20.5 Å². The molecular weight excluding hydrogens is 517 g/mol. The van der Waals surface area contributed by atoms with Crippen LogP contribution >= 0.6 is 11.8 Å². The van der Waals surface area contributed by atoms with Crippen LogP contribution in [0.4, 0.5) is 10.2 Å². The molecule has 208 valence electrons. The molecule has 11 heteroatoms. The summed E-state index contributed by atoms with van der Waals surface area (Å²) in [7, 11) is 1.47. The van der Waals surface area contributed by atoms with E-state index >= 15 is 0 Å². The van der Waals surface area contributed by atoms with Crippen LogP contribution in [-0.2, 0) is 11.2 Å². The van der Waals surface area contributed by atoms with Gasteiger partial charge in [0.15, 0.2) is 5.17 Å². The fraction of sp³-hybridized carbons (Fsp3) is 0.536. The van der Waals surface area contributed by atoms with Crippen LogP contribution in [0.5, 0.6) is 5.88 Å². The van der Waals surface area contributed by atoms with Crippen LogP contribution in [0, 0.1) is 23.6 Å². The van der Waals surface area contributed by atoms with Crippen molar-refractivity contribution in [2.45, 2.75) is 63.8 Å². The van der Waals surface area contributed by atoms with Gasteiger partial charge in [-0.2, -0.15) is 0 Å². The molecular formula is C28H36FN7O2S. The van der Waals surface area contributed by atoms with Crippen molar-refractivity contribution in [1.29, 1.82) is 10.8 Å². The summed E-state index contributed by atoms with van der Waals surface area (Å²) in [6.45, 7) is 6.51. The Hall–Kier alpha value is -3.21. The highest BCUT2D eigenvalue weighted by atomic mass is 32.2. The molecule has 5 rings (SSSR count). The maximum atomic E-state index is 14.5. The van der Waals surface area contributed by atoms with Gasteiger partial charge in [0.05, 0.1) is 24.8 Å². The zero-order valence-corrected chi connectivity index (χ0v) is 23.6. The molecule has 0 aliphatic carbocycles. The summed E-state index contributed by atoms with van der Waals surface area (Å²) in [5.74, 6) is -0.194. The fourth-order valence-corrected chi connectivity index (χ4v) is 6.65. The summed E-state index contributed by atoms with van der Waals surface area (Å²) in [6.07, 6.45) is 6.91. The first-order valence-electron chi connectivity index (χ1n) is 13.6. The Morgan fingerprint density at radius 3 is 2.69 bits per heavy atom. The number of aryl methyl sites for hydroxylation is 2. The van der Waals surface area contributed by atoms with Crippen molar-refractivity contribution in [3.8, 4) is 5.88 Å². The summed E-state index contributed by atoms with van der Waals surface area (Å²) in [5, 5.41) is 21.5. The van der Waals surface area contributed by atoms with Gasteiger partial charge in [-0.1, -0.05) is 0 Å². The molecule has 3 aliphatic rings. The molecule has 2 aromatic heterocycles. The number of methoxy groups -OCH3 is 1. The second-order valence-electron chi connectivity index (χ2n) is 10.8. The van der Waals surface area contributed by atoms with Gasteiger partial charge in [-0.3, -0.25) is 15.6 Å². The highest BCUT2D eigenvalue weighted by Gasteiger charge is 2.43. The van der Waals surface area contributed by atoms with Gasteiger partial charge in [-0.15, -0.1) is 0 Å². The number of aromatic nitrogens is 2. The van der Waals surface area contributed by atoms with E-state index in [1.165, 1.54) is 31.4 Å². The number of nitrogens with zero attached hydrogens (tertiary/aromatic N) is 4. The van der Waals surface area contributed by atoms with Crippen LogP contribution in [0.15, 0.2) is 18.3 Å². The number of amidine groups is 1. The van der Waals surface area contributed by atoms with Gasteiger partial charge < -0.3 is 19.9 Å². The SMILES string of the molecule is COc1cc([C@@H](C)C(=O)N2CC[C@@]3(CCc4cc(C(=N)SC(=N)N5CCCCC5)c(C)nc4N3)C2)c(F)cn1. The molecule has 0 aromatic carbocycles. The van der Waals surface area contributed by atoms with Gasteiger partial charge in [-0.05, 0) is 75.8 Å². The monoisotopic (exact) mass is 553 g/mol. The number of piperidine rings is 1. The van der Waals surface area contributed by atoms with Crippen molar-refractivity contribution in [2.24, 2.45) is 0 Å². The van der Waals surface area contributed by atoms with E-state index in [2.05, 4.69) is 15.2 Å². The Bertz CT molecular complexity index is 1300. The Morgan fingerprint density at radius 1 is 1.18 bits per heavy atom. The number of anilines is 1. The van der Waals surface area contributed by atoms with E-state index in [1.54, 1.807) is 6.92 Å². The van der Waals surface area contributed by atoms with Gasteiger partial charge in [0.25, 0.3) is 0 Å². The number of hydrogen-bond donors (Lipinski definition) is 3. The molecule has 0 radical (unpaired) electrons. The number of hydrogen-bond acceptors (Lipinski definition) is 8. The molecule has 39 heavy (non-hydrogen) atoms. The first kappa shape index (κ1) is 27.4. The van der Waals surface area contributed by atoms with Crippen molar-refractivity contribution < 1.29 is 13.9 Å². The number of carbonyl (C=O) groups excluding carboxylic acids is 1. The maximum absolute atomic E-state index is 14.5. The second-order valence-corrected chi connectivity index (χ2v) is 11.8. The number of thioether (sulfide) groups is 1. The van der Waals surface area contributed by atoms with Gasteiger partial charge in [0.1, 0.15) is 16.7 Å². The van der Waals surface area contributed by atoms with Crippen LogP contribution in [0.1, 0.15) is 67.3 Å². The largest absolute Gasteiger partial charge is 0.481 e. The zero-order valence-electron chi connectivity index (χ0n) is 22.8. The predicted octanol–water partition coefficient (Wildman–Crippen LogP) is 4.54. The average Bonchev–Trinajstić information content (AvgIpc) is 3.35. The van der Waals surface area contributed by atoms with Crippen LogP contribution in [-0.4, -0.2) is 74.7 Å². The Labute approximate surface area is 232 Å². The molecule has 3 aliphatic heterocycles. The third-order valence-electron chi connectivity index (χ3n) is 8.21. The molecule has 0 unspecified atom stereocenters. The lowest BCUT2D eigenvalue weighted by Crippen LogP contribution is -2.46. The summed E-state index contributed by atoms with van der Waals surface area (Å²) in [5.41, 5.74) is 2.58. The minimum atomic E-state index is -0.650. The Kier molecular flexibility index (Phi) is 7.80. The molecule has 3 N–H and O–H groups in total. The molecule has 2 saturated heterocycles. The molecule has 1 amide bonds. The Balaban J connectivity index is 1.26. The highest BCUT2D eigenvalue weighted by molar-refractivity contribution is 8.26. The lowest BCUT2D eigenvalue weighted by atomic mass is 9.86. The van der Waals surface area contributed by atoms with Crippen molar-refractivity contribution in [3.63, 3.8) is 0 Å². The number of ether oxygens (including phenoxy) is 1. The van der Waals surface area contributed by atoms with Crippen molar-refractivity contribution in [1.82, 2.24) is 19.8 Å². The summed E-state index contributed by atoms with van der Waals surface area (Å²) in [6, 6.07) is 3.53. The van der Waals surface area contributed by atoms with E-state index in [1.807, 2.05) is 17.9 Å². The number of fused-ring (bicyclic) bond motifs is 1. The highest BCUT2D eigenvalue weighted by Crippen LogP contribution is 2.38. The van der Waals surface area contributed by atoms with Crippen LogP contribution in [0.25, 0.3) is 0 Å². The fourth-order valence-electron chi connectivity index (χ4n) is 5.83. The quantitative estimate of drug-likeness (QED) is 0.376. The number of amides is 1. The van der Waals surface area contributed by atoms with Gasteiger partial charge in [-0.25, -0.2) is 14.4 Å². The lowest BCUT2D eigenvalue weighted by Gasteiger charge is -2.36. The van der Waals surface area contributed by atoms with Crippen molar-refractivity contribution in [3.05, 3.63) is 46.5 Å². The normalized spacial score (nSPS) is 21.3. The number of halogens is 1. The standard InChI is InChI=1S/C28H36FN7O2S/c1-17(20-14-23(38-3)32-15-22(20)29)26(37)36-12-9-28(16-36)8-7-19-13-21(18(2)33-25(19)34-28)24(30)39-27(31)35-10-5-4-6-11-35/h13-15,17,30-31H,4-12,16H2,1-3H3,(H,33,34)/t17-,28+/m1/s1. The van der Waals surface area contributed by atoms with Gasteiger partial charge >= 0.3 is 0 Å². The lowest BCUT2D eigenvalue weighted by molar-refractivity contribution is -0.131. The number of likely N-dealkylation sites (tertiary alicyclic amines) is 2. The van der Waals surface area contributed by atoms with Crippen molar-refractivity contribution in [2.75, 3.05) is 38.6 Å². The second kappa shape index (κ2) is 11.1. The smallest absolute Gasteiger partial charge is 0.230 e. The molecule has 2 fully saturated rings. The van der Waals surface area contributed by atoms with E-state index < -0.39 is 11.7 Å². The summed E-state index contributed by atoms with van der Waals surface area (Å²) < 4.78 is 19.6. The summed E-state index contributed by atoms with van der Waals surface area (Å²) >= 11 is 1.20. The minimum Gasteiger partial charge on any atom is -0.481 e. The third kappa shape index (κ3) is 5.59. The van der Waals surface area contributed by atoms with Crippen LogP contribution in [0.2, 0.25) is 0 Å². The summed E-state index contributed by atoms with van der Waals surface area (Å²) in [4.78, 5) is 25.9. The van der Waals surface area contributed by atoms with E-state index in [-0.39, 0.29) is 22.9 Å². The third-order valence-corrected chi connectivity index (χ3v) is 9.08. The Morgan fingerprint density at radius 2 is 1.95 bits per heavy atom. The molecule has 0 bridgehead atoms. The molecule has 2 aromatic rings. The first-order chi connectivity index (χ1) is 18.7. The number of rotatable bonds is 4. The molecule has 1 spiro atoms. The van der Waals surface area contributed by atoms with E-state index in [9.17, 15) is 9.18 Å². The van der Waals surface area contributed by atoms with E-state index in [0.717, 1.165) is 74.0 Å². The van der Waals surface area contributed by atoms with E-state index in [0.29, 0.717) is 23.3 Å². The molecule has 5 heterocycles. The van der Waals surface area contributed by atoms with Crippen LogP contribution < -0.4 is 10.1 Å². The molecule has 9 nitrogen and oxygen atoms in total. The number of carbonyl (C=O) groups is 1. The van der Waals surface area contributed by atoms with Gasteiger partial charge in [0, 0.05) is 49.1 Å². The maximum Gasteiger partial charge on any atom is 0.230 e. The average molecular weight is 554 g/mol. The number of nitrogens with one attached hydrogen (secondary N) is 3. The van der Waals surface area contributed by atoms with Crippen molar-refractivity contribution >= 4 is 33.7 Å².